The van der Waals surface area contributed by atoms with Crippen molar-refractivity contribution in [2.75, 3.05) is 0 Å². The van der Waals surface area contributed by atoms with E-state index in [4.69, 9.17) is 15.3 Å². The van der Waals surface area contributed by atoms with E-state index in [0.29, 0.717) is 5.56 Å². The molecule has 0 amide bonds. The third-order valence-corrected chi connectivity index (χ3v) is 1.84. The fourth-order valence-electron chi connectivity index (χ4n) is 0.916. The Labute approximate surface area is 88.8 Å². The maximum atomic E-state index is 10.6. The minimum absolute atomic E-state index is 0.275. The summed E-state index contributed by atoms with van der Waals surface area (Å²) in [7, 11) is 2.59. The molecule has 0 aliphatic heterocycles. The van der Waals surface area contributed by atoms with Crippen molar-refractivity contribution in [1.82, 2.24) is 0 Å². The maximum absolute atomic E-state index is 10.6. The molecule has 0 aliphatic rings. The van der Waals surface area contributed by atoms with E-state index in [1.165, 1.54) is 24.3 Å². The second-order valence-electron chi connectivity index (χ2n) is 2.66. The summed E-state index contributed by atoms with van der Waals surface area (Å²) < 4.78 is 4.41. The van der Waals surface area contributed by atoms with Crippen LogP contribution in [0.25, 0.3) is 6.08 Å². The van der Waals surface area contributed by atoms with Crippen molar-refractivity contribution >= 4 is 22.5 Å². The molecule has 5 nitrogen and oxygen atoms in total. The van der Waals surface area contributed by atoms with Crippen molar-refractivity contribution in [2.24, 2.45) is 0 Å². The van der Waals surface area contributed by atoms with Gasteiger partial charge in [0.25, 0.3) is 0 Å². The number of phenolic OH excluding ortho intramolecular Hbond substituents is 2. The van der Waals surface area contributed by atoms with Gasteiger partial charge in [-0.25, -0.2) is 4.79 Å². The largest absolute Gasteiger partial charge is 0.536 e. The second-order valence-corrected chi connectivity index (χ2v) is 2.87. The molecule has 0 saturated carbocycles. The van der Waals surface area contributed by atoms with Crippen LogP contribution in [-0.2, 0) is 9.22 Å². The lowest BCUT2D eigenvalue weighted by Crippen LogP contribution is -2.02. The monoisotopic (exact) mass is 223 g/mol. The number of hydrogen-bond acceptors (Lipinski definition) is 4. The predicted octanol–water partition coefficient (Wildman–Crippen LogP) is 0.623. The standard InChI is InChI=1S/C9H7O5Si/c10-6-2-1-5(3-7(6)11)4-8(14-15)9(12)13/h1-4,10-11H,(H,12,13). The number of carbonyl (C=O) groups is 1. The van der Waals surface area contributed by atoms with Gasteiger partial charge in [-0.1, -0.05) is 6.07 Å². The summed E-state index contributed by atoms with van der Waals surface area (Å²) >= 11 is 0. The molecule has 1 rings (SSSR count). The number of aliphatic carboxylic acids is 1. The molecule has 6 heteroatoms. The molecule has 3 N–H and O–H groups in total. The molecule has 3 radical (unpaired) electrons. The Balaban J connectivity index is 3.07. The van der Waals surface area contributed by atoms with Gasteiger partial charge in [0.05, 0.1) is 0 Å². The third kappa shape index (κ3) is 2.75. The average Bonchev–Trinajstić information content (AvgIpc) is 2.19. The second kappa shape index (κ2) is 4.51. The van der Waals surface area contributed by atoms with Crippen LogP contribution in [0.4, 0.5) is 0 Å². The molecular formula is C9H7O5Si. The fourth-order valence-corrected chi connectivity index (χ4v) is 1.06. The van der Waals surface area contributed by atoms with Gasteiger partial charge in [-0.05, 0) is 23.8 Å². The predicted molar refractivity (Wildman–Crippen MR) is 52.2 cm³/mol. The Bertz CT molecular complexity index is 413. The molecule has 0 heterocycles. The maximum Gasteiger partial charge on any atom is 0.369 e. The quantitative estimate of drug-likeness (QED) is 0.303. The van der Waals surface area contributed by atoms with Gasteiger partial charge in [0, 0.05) is 0 Å². The summed E-state index contributed by atoms with van der Waals surface area (Å²) in [6, 6.07) is 3.89. The third-order valence-electron chi connectivity index (χ3n) is 1.62. The zero-order chi connectivity index (χ0) is 11.4. The number of aromatic hydroxyl groups is 2. The fraction of sp³-hybridized carbons (Fsp3) is 0. The van der Waals surface area contributed by atoms with E-state index in [-0.39, 0.29) is 17.3 Å². The molecular weight excluding hydrogens is 216 g/mol. The molecule has 0 bridgehead atoms. The van der Waals surface area contributed by atoms with Gasteiger partial charge in [-0.2, -0.15) is 0 Å². The summed E-state index contributed by atoms with van der Waals surface area (Å²) in [5, 5.41) is 26.8. The topological polar surface area (TPSA) is 87.0 Å². The lowest BCUT2D eigenvalue weighted by molar-refractivity contribution is -0.134. The van der Waals surface area contributed by atoms with Gasteiger partial charge in [0.15, 0.2) is 17.3 Å². The Hall–Kier alpha value is -1.95. The van der Waals surface area contributed by atoms with E-state index in [0.717, 1.165) is 0 Å². The minimum Gasteiger partial charge on any atom is -0.536 e. The molecule has 15 heavy (non-hydrogen) atoms. The van der Waals surface area contributed by atoms with Crippen molar-refractivity contribution in [1.29, 1.82) is 0 Å². The summed E-state index contributed by atoms with van der Waals surface area (Å²) in [5.74, 6) is -2.19. The summed E-state index contributed by atoms with van der Waals surface area (Å²) in [4.78, 5) is 10.6. The van der Waals surface area contributed by atoms with Crippen LogP contribution in [0, 0.1) is 0 Å². The first-order valence-electron chi connectivity index (χ1n) is 3.85. The molecule has 1 aromatic carbocycles. The van der Waals surface area contributed by atoms with Crippen LogP contribution in [0.1, 0.15) is 5.56 Å². The highest BCUT2D eigenvalue weighted by atomic mass is 28.2. The van der Waals surface area contributed by atoms with Crippen LogP contribution in [0.3, 0.4) is 0 Å². The summed E-state index contributed by atoms with van der Waals surface area (Å²) in [6.07, 6.45) is 1.19. The highest BCUT2D eigenvalue weighted by molar-refractivity contribution is 6.03. The van der Waals surface area contributed by atoms with E-state index in [9.17, 15) is 4.79 Å². The van der Waals surface area contributed by atoms with Crippen LogP contribution in [0.2, 0.25) is 0 Å². The molecule has 0 atom stereocenters. The van der Waals surface area contributed by atoms with Gasteiger partial charge in [-0.15, -0.1) is 0 Å². The van der Waals surface area contributed by atoms with Gasteiger partial charge in [0.2, 0.25) is 0 Å². The highest BCUT2D eigenvalue weighted by Gasteiger charge is 2.07. The van der Waals surface area contributed by atoms with E-state index in [2.05, 4.69) is 14.9 Å². The molecule has 0 aromatic heterocycles. The highest BCUT2D eigenvalue weighted by Crippen LogP contribution is 2.25. The number of hydrogen-bond donors (Lipinski definition) is 3. The summed E-state index contributed by atoms with van der Waals surface area (Å²) in [5.41, 5.74) is 0.390. The molecule has 0 unspecified atom stereocenters. The minimum atomic E-state index is -1.25. The van der Waals surface area contributed by atoms with Crippen LogP contribution < -0.4 is 0 Å². The molecule has 0 fully saturated rings. The molecule has 0 saturated heterocycles. The van der Waals surface area contributed by atoms with Gasteiger partial charge in [0.1, 0.15) is 0 Å². The Morgan fingerprint density at radius 3 is 2.47 bits per heavy atom. The normalized spacial score (nSPS) is 11.1. The molecule has 0 spiro atoms. The average molecular weight is 223 g/mol. The van der Waals surface area contributed by atoms with E-state index < -0.39 is 5.97 Å². The van der Waals surface area contributed by atoms with Gasteiger partial charge < -0.3 is 19.7 Å². The lowest BCUT2D eigenvalue weighted by Gasteiger charge is -2.02. The first-order chi connectivity index (χ1) is 7.04. The molecule has 77 valence electrons. The number of carboxylic acid groups (broad SMARTS) is 1. The van der Waals surface area contributed by atoms with Crippen molar-refractivity contribution in [3.63, 3.8) is 0 Å². The number of rotatable bonds is 3. The van der Waals surface area contributed by atoms with Gasteiger partial charge >= 0.3 is 16.5 Å². The van der Waals surface area contributed by atoms with E-state index in [1.807, 2.05) is 0 Å². The van der Waals surface area contributed by atoms with Crippen molar-refractivity contribution < 1.29 is 24.5 Å². The van der Waals surface area contributed by atoms with Crippen LogP contribution in [-0.4, -0.2) is 31.8 Å². The van der Waals surface area contributed by atoms with Crippen molar-refractivity contribution in [3.05, 3.63) is 29.5 Å². The first kappa shape index (κ1) is 11.1. The Morgan fingerprint density at radius 2 is 2.00 bits per heavy atom. The van der Waals surface area contributed by atoms with Crippen LogP contribution in [0.5, 0.6) is 11.5 Å². The lowest BCUT2D eigenvalue weighted by atomic mass is 10.2. The van der Waals surface area contributed by atoms with Crippen molar-refractivity contribution in [3.8, 4) is 11.5 Å². The summed E-state index contributed by atoms with van der Waals surface area (Å²) in [6.45, 7) is 0. The zero-order valence-corrected chi connectivity index (χ0v) is 8.47. The number of phenols is 2. The Kier molecular flexibility index (Phi) is 3.35. The SMILES string of the molecule is O=C(O)C(=Cc1ccc(O)c(O)c1)O[Si]. The Morgan fingerprint density at radius 1 is 1.33 bits per heavy atom. The van der Waals surface area contributed by atoms with Gasteiger partial charge in [-0.3, -0.25) is 0 Å². The number of benzene rings is 1. The molecule has 0 aliphatic carbocycles. The molecule has 1 aromatic rings. The van der Waals surface area contributed by atoms with Crippen LogP contribution >= 0.6 is 0 Å². The number of carboxylic acids is 1. The van der Waals surface area contributed by atoms with E-state index in [1.54, 1.807) is 0 Å². The van der Waals surface area contributed by atoms with Crippen molar-refractivity contribution in [2.45, 2.75) is 0 Å². The zero-order valence-electron chi connectivity index (χ0n) is 7.47. The smallest absolute Gasteiger partial charge is 0.369 e. The first-order valence-corrected chi connectivity index (χ1v) is 4.26. The van der Waals surface area contributed by atoms with Crippen LogP contribution in [0.15, 0.2) is 24.0 Å². The van der Waals surface area contributed by atoms with E-state index >= 15 is 0 Å².